The van der Waals surface area contributed by atoms with Crippen molar-refractivity contribution in [3.63, 3.8) is 0 Å². The van der Waals surface area contributed by atoms with Gasteiger partial charge in [0, 0.05) is 30.2 Å². The van der Waals surface area contributed by atoms with Crippen LogP contribution in [0.4, 0.5) is 0 Å². The molecule has 5 nitrogen and oxygen atoms in total. The average Bonchev–Trinajstić information content (AvgIpc) is 3.03. The van der Waals surface area contributed by atoms with E-state index in [1.54, 1.807) is 0 Å². The number of aromatic nitrogens is 1. The minimum Gasteiger partial charge on any atom is -0.468 e. The topological polar surface area (TPSA) is 51.5 Å². The molecule has 29 heavy (non-hydrogen) atoms. The lowest BCUT2D eigenvalue weighted by Crippen LogP contribution is -2.56. The Kier molecular flexibility index (Phi) is 4.28. The monoisotopic (exact) mass is 388 g/mol. The zero-order valence-electron chi connectivity index (χ0n) is 16.7. The van der Waals surface area contributed by atoms with Crippen LogP contribution in [-0.2, 0) is 34.3 Å². The number of esters is 1. The molecule has 0 saturated carbocycles. The normalized spacial score (nSPS) is 23.8. The number of methoxy groups -OCH3 is 1. The number of hydrogen-bond acceptors (Lipinski definition) is 4. The van der Waals surface area contributed by atoms with Crippen molar-refractivity contribution >= 4 is 22.7 Å². The molecule has 2 aliphatic heterocycles. The number of fused-ring (bicyclic) bond motifs is 6. The summed E-state index contributed by atoms with van der Waals surface area (Å²) < 4.78 is 7.21. The molecule has 0 spiro atoms. The molecule has 2 bridgehead atoms. The van der Waals surface area contributed by atoms with Crippen LogP contribution in [-0.4, -0.2) is 34.4 Å². The van der Waals surface area contributed by atoms with E-state index in [0.29, 0.717) is 19.4 Å². The molecule has 0 N–H and O–H groups in total. The summed E-state index contributed by atoms with van der Waals surface area (Å²) in [6, 6.07) is 18.3. The fourth-order valence-electron chi connectivity index (χ4n) is 5.27. The van der Waals surface area contributed by atoms with E-state index >= 15 is 0 Å². The van der Waals surface area contributed by atoms with E-state index in [-0.39, 0.29) is 17.9 Å². The van der Waals surface area contributed by atoms with E-state index in [0.717, 1.165) is 0 Å². The molecular weight excluding hydrogens is 364 g/mol. The van der Waals surface area contributed by atoms with Gasteiger partial charge in [-0.1, -0.05) is 48.5 Å². The second kappa shape index (κ2) is 6.85. The summed E-state index contributed by atoms with van der Waals surface area (Å²) in [4.78, 5) is 28.0. The van der Waals surface area contributed by atoms with Gasteiger partial charge in [-0.05, 0) is 30.0 Å². The molecule has 0 amide bonds. The van der Waals surface area contributed by atoms with Gasteiger partial charge in [0.2, 0.25) is 0 Å². The first kappa shape index (κ1) is 18.1. The van der Waals surface area contributed by atoms with Crippen molar-refractivity contribution in [1.82, 2.24) is 9.47 Å². The lowest BCUT2D eigenvalue weighted by atomic mass is 9.76. The number of carbonyl (C=O) groups excluding carboxylic acids is 2. The van der Waals surface area contributed by atoms with Crippen molar-refractivity contribution in [2.45, 2.75) is 31.5 Å². The fourth-order valence-corrected chi connectivity index (χ4v) is 5.27. The van der Waals surface area contributed by atoms with Gasteiger partial charge >= 0.3 is 5.97 Å². The van der Waals surface area contributed by atoms with Crippen LogP contribution in [0.5, 0.6) is 0 Å². The van der Waals surface area contributed by atoms with Gasteiger partial charge in [-0.3, -0.25) is 14.5 Å². The molecule has 0 radical (unpaired) electrons. The van der Waals surface area contributed by atoms with E-state index in [1.807, 2.05) is 30.3 Å². The van der Waals surface area contributed by atoms with Crippen molar-refractivity contribution in [2.75, 3.05) is 7.11 Å². The molecule has 1 aromatic heterocycles. The van der Waals surface area contributed by atoms with Crippen LogP contribution >= 0.6 is 0 Å². The molecule has 1 fully saturated rings. The molecule has 2 aliphatic rings. The van der Waals surface area contributed by atoms with Gasteiger partial charge in [0.25, 0.3) is 0 Å². The Morgan fingerprint density at radius 1 is 1.07 bits per heavy atom. The van der Waals surface area contributed by atoms with E-state index in [4.69, 9.17) is 4.74 Å². The molecule has 3 unspecified atom stereocenters. The number of piperidine rings is 1. The highest BCUT2D eigenvalue weighted by Gasteiger charge is 2.50. The van der Waals surface area contributed by atoms with Crippen molar-refractivity contribution in [2.24, 2.45) is 13.0 Å². The van der Waals surface area contributed by atoms with Gasteiger partial charge < -0.3 is 9.30 Å². The highest BCUT2D eigenvalue weighted by atomic mass is 16.5. The SMILES string of the molecule is COC(=O)C1CC2c3c(c4ccccc4n3C)CC(C1=O)N2Cc1ccccc1. The second-order valence-corrected chi connectivity index (χ2v) is 8.05. The number of aryl methyl sites for hydroxylation is 1. The van der Waals surface area contributed by atoms with Gasteiger partial charge in [-0.25, -0.2) is 0 Å². The number of nitrogens with zero attached hydrogens (tertiary/aromatic N) is 2. The van der Waals surface area contributed by atoms with Crippen LogP contribution in [0.15, 0.2) is 54.6 Å². The number of hydrogen-bond donors (Lipinski definition) is 0. The smallest absolute Gasteiger partial charge is 0.316 e. The van der Waals surface area contributed by atoms with Gasteiger partial charge in [0.05, 0.1) is 19.2 Å². The summed E-state index contributed by atoms with van der Waals surface area (Å²) in [5.41, 5.74) is 4.82. The predicted molar refractivity (Wildman–Crippen MR) is 110 cm³/mol. The summed E-state index contributed by atoms with van der Waals surface area (Å²) in [6.07, 6.45) is 1.10. The second-order valence-electron chi connectivity index (χ2n) is 8.05. The number of para-hydroxylation sites is 1. The summed E-state index contributed by atoms with van der Waals surface area (Å²) in [5.74, 6) is -1.11. The van der Waals surface area contributed by atoms with Crippen LogP contribution in [0.1, 0.15) is 29.3 Å². The van der Waals surface area contributed by atoms with E-state index in [1.165, 1.54) is 34.8 Å². The Hall–Kier alpha value is -2.92. The molecule has 5 heteroatoms. The first-order valence-electron chi connectivity index (χ1n) is 10.1. The van der Waals surface area contributed by atoms with Gasteiger partial charge in [-0.2, -0.15) is 0 Å². The van der Waals surface area contributed by atoms with Crippen LogP contribution in [0.3, 0.4) is 0 Å². The highest BCUT2D eigenvalue weighted by Crippen LogP contribution is 2.46. The molecular formula is C24H24N2O3. The number of carbonyl (C=O) groups is 2. The number of ether oxygens (including phenoxy) is 1. The summed E-state index contributed by atoms with van der Waals surface area (Å²) in [7, 11) is 3.45. The van der Waals surface area contributed by atoms with Crippen molar-refractivity contribution in [3.8, 4) is 0 Å². The zero-order chi connectivity index (χ0) is 20.1. The van der Waals surface area contributed by atoms with Crippen molar-refractivity contribution in [3.05, 3.63) is 71.4 Å². The lowest BCUT2D eigenvalue weighted by molar-refractivity contribution is -0.156. The van der Waals surface area contributed by atoms with Gasteiger partial charge in [0.1, 0.15) is 5.92 Å². The number of Topliss-reactive ketones (excluding diaryl/α,β-unsaturated/α-hetero) is 1. The Morgan fingerprint density at radius 3 is 2.55 bits per heavy atom. The quantitative estimate of drug-likeness (QED) is 0.510. The average molecular weight is 388 g/mol. The number of ketones is 1. The molecule has 148 valence electrons. The van der Waals surface area contributed by atoms with Crippen molar-refractivity contribution < 1.29 is 14.3 Å². The van der Waals surface area contributed by atoms with Crippen LogP contribution in [0.25, 0.3) is 10.9 Å². The largest absolute Gasteiger partial charge is 0.468 e. The van der Waals surface area contributed by atoms with Crippen LogP contribution in [0, 0.1) is 5.92 Å². The zero-order valence-corrected chi connectivity index (χ0v) is 16.7. The summed E-state index contributed by atoms with van der Waals surface area (Å²) in [6.45, 7) is 0.691. The van der Waals surface area contributed by atoms with Crippen LogP contribution < -0.4 is 0 Å². The Morgan fingerprint density at radius 2 is 1.79 bits per heavy atom. The molecule has 0 aliphatic carbocycles. The third-order valence-corrected chi connectivity index (χ3v) is 6.60. The predicted octanol–water partition coefficient (Wildman–Crippen LogP) is 3.41. The third kappa shape index (κ3) is 2.72. The fraction of sp³-hybridized carbons (Fsp3) is 0.333. The maximum Gasteiger partial charge on any atom is 0.316 e. The Labute approximate surface area is 169 Å². The minimum atomic E-state index is -0.687. The molecule has 2 aromatic carbocycles. The van der Waals surface area contributed by atoms with E-state index in [9.17, 15) is 9.59 Å². The summed E-state index contributed by atoms with van der Waals surface area (Å²) >= 11 is 0. The standard InChI is InChI=1S/C24H24N2O3/c1-25-19-11-7-6-10-16(19)17-12-21-23(27)18(24(28)29-2)13-20(22(17)25)26(21)14-15-8-4-3-5-9-15/h3-11,18,20-21H,12-14H2,1-2H3. The summed E-state index contributed by atoms with van der Waals surface area (Å²) in [5, 5.41) is 1.21. The molecule has 5 rings (SSSR count). The maximum atomic E-state index is 13.3. The first-order chi connectivity index (χ1) is 14.1. The van der Waals surface area contributed by atoms with Gasteiger partial charge in [-0.15, -0.1) is 0 Å². The van der Waals surface area contributed by atoms with E-state index in [2.05, 4.69) is 40.8 Å². The number of benzene rings is 2. The first-order valence-corrected chi connectivity index (χ1v) is 10.1. The van der Waals surface area contributed by atoms with Crippen molar-refractivity contribution in [1.29, 1.82) is 0 Å². The molecule has 3 aromatic rings. The maximum absolute atomic E-state index is 13.3. The number of rotatable bonds is 3. The molecule has 3 atom stereocenters. The van der Waals surface area contributed by atoms with E-state index < -0.39 is 11.9 Å². The van der Waals surface area contributed by atoms with Crippen LogP contribution in [0.2, 0.25) is 0 Å². The highest BCUT2D eigenvalue weighted by molar-refractivity contribution is 6.03. The third-order valence-electron chi connectivity index (χ3n) is 6.60. The van der Waals surface area contributed by atoms with Gasteiger partial charge in [0.15, 0.2) is 5.78 Å². The lowest BCUT2D eigenvalue weighted by Gasteiger charge is -2.47. The Bertz CT molecular complexity index is 1100. The Balaban J connectivity index is 1.65. The molecule has 3 heterocycles. The minimum absolute atomic E-state index is 0.00292. The molecule has 1 saturated heterocycles.